The van der Waals surface area contributed by atoms with E-state index in [2.05, 4.69) is 27.2 Å². The second kappa shape index (κ2) is 10.3. The zero-order valence-corrected chi connectivity index (χ0v) is 21.9. The maximum Gasteiger partial charge on any atom is 0.319 e. The van der Waals surface area contributed by atoms with Gasteiger partial charge >= 0.3 is 6.01 Å². The van der Waals surface area contributed by atoms with Crippen LogP contribution in [0.25, 0.3) is 22.0 Å². The molecule has 7 nitrogen and oxygen atoms in total. The van der Waals surface area contributed by atoms with Crippen molar-refractivity contribution in [2.75, 3.05) is 38.6 Å². The van der Waals surface area contributed by atoms with Gasteiger partial charge in [-0.2, -0.15) is 9.97 Å². The number of carbonyl (C=O) groups excluding carboxylic acids is 1. The normalized spacial score (nSPS) is 23.1. The number of anilines is 1. The number of carbonyl (C=O) groups is 1. The first-order valence-electron chi connectivity index (χ1n) is 13.4. The van der Waals surface area contributed by atoms with Gasteiger partial charge in [0.2, 0.25) is 0 Å². The lowest BCUT2D eigenvalue weighted by Crippen LogP contribution is -2.31. The van der Waals surface area contributed by atoms with Gasteiger partial charge in [0.05, 0.1) is 5.56 Å². The van der Waals surface area contributed by atoms with E-state index in [1.807, 2.05) is 17.0 Å². The maximum absolute atomic E-state index is 16.2. The lowest BCUT2D eigenvalue weighted by Gasteiger charge is -2.19. The summed E-state index contributed by atoms with van der Waals surface area (Å²) >= 11 is 0. The van der Waals surface area contributed by atoms with Crippen molar-refractivity contribution in [1.82, 2.24) is 20.2 Å². The second-order valence-corrected chi connectivity index (χ2v) is 10.8. The first-order valence-corrected chi connectivity index (χ1v) is 13.4. The molecule has 2 fully saturated rings. The van der Waals surface area contributed by atoms with Crippen molar-refractivity contribution in [3.63, 3.8) is 0 Å². The Bertz CT molecular complexity index is 1520. The number of likely N-dealkylation sites (tertiary alicyclic amines) is 1. The van der Waals surface area contributed by atoms with E-state index in [1.165, 1.54) is 6.07 Å². The number of likely N-dealkylation sites (N-methyl/N-ethyl adjacent to an activating group) is 1. The third-order valence-corrected chi connectivity index (χ3v) is 8.10. The minimum absolute atomic E-state index is 0.00400. The Hall–Kier alpha value is -3.73. The number of aromatic nitrogens is 2. The quantitative estimate of drug-likeness (QED) is 0.227. The Morgan fingerprint density at radius 1 is 1.23 bits per heavy atom. The topological polar surface area (TPSA) is 79.4 Å². The Balaban J connectivity index is 1.36. The van der Waals surface area contributed by atoms with E-state index in [4.69, 9.17) is 4.74 Å². The molecule has 3 aromatic rings. The number of amides is 1. The minimum atomic E-state index is -1.13. The van der Waals surface area contributed by atoms with Crippen molar-refractivity contribution < 1.29 is 27.1 Å². The predicted octanol–water partition coefficient (Wildman–Crippen LogP) is 4.67. The fourth-order valence-electron chi connectivity index (χ4n) is 6.01. The molecule has 1 amide bonds. The standard InChI is InChI=1S/C29H29F4N5O2/c1-14(30)28(39)35-7-6-34-27-21-11-22(32)24(19-5-3-4-15-8-16-9-20(16)23(15)19)25(33)26(21)36-29(37-27)40-13-18-10-17(31)12-38(18)2/h3-5,11,16-18,20H,1,6-10,12-13H2,2H3,(H,35,39)(H,34,36,37)/t16?,17-,18+,20?/m1/s1. The summed E-state index contributed by atoms with van der Waals surface area (Å²) < 4.78 is 64.5. The Morgan fingerprint density at radius 3 is 2.80 bits per heavy atom. The number of hydrogen-bond donors (Lipinski definition) is 2. The molecule has 0 spiro atoms. The fraction of sp³-hybridized carbons (Fsp3) is 0.414. The van der Waals surface area contributed by atoms with Crippen LogP contribution in [0, 0.1) is 17.6 Å². The molecule has 2 aromatic carbocycles. The van der Waals surface area contributed by atoms with Crippen LogP contribution < -0.4 is 15.4 Å². The van der Waals surface area contributed by atoms with Gasteiger partial charge in [0.15, 0.2) is 11.6 Å². The number of ether oxygens (including phenoxy) is 1. The molecule has 1 aromatic heterocycles. The van der Waals surface area contributed by atoms with Gasteiger partial charge < -0.3 is 15.4 Å². The highest BCUT2D eigenvalue weighted by atomic mass is 19.1. The van der Waals surface area contributed by atoms with Crippen LogP contribution >= 0.6 is 0 Å². The molecule has 0 radical (unpaired) electrons. The molecule has 1 saturated carbocycles. The van der Waals surface area contributed by atoms with Crippen LogP contribution in [-0.2, 0) is 11.2 Å². The number of nitrogens with zero attached hydrogens (tertiary/aromatic N) is 3. The number of halogens is 4. The van der Waals surface area contributed by atoms with Crippen LogP contribution in [0.5, 0.6) is 6.01 Å². The van der Waals surface area contributed by atoms with Gasteiger partial charge in [-0.1, -0.05) is 24.8 Å². The summed E-state index contributed by atoms with van der Waals surface area (Å²) in [6.45, 7) is 3.38. The van der Waals surface area contributed by atoms with E-state index >= 15 is 8.78 Å². The van der Waals surface area contributed by atoms with E-state index in [-0.39, 0.29) is 60.6 Å². The number of hydrogen-bond acceptors (Lipinski definition) is 6. The van der Waals surface area contributed by atoms with Crippen LogP contribution in [0.1, 0.15) is 29.9 Å². The van der Waals surface area contributed by atoms with Gasteiger partial charge in [0, 0.05) is 31.1 Å². The van der Waals surface area contributed by atoms with Crippen LogP contribution in [0.3, 0.4) is 0 Å². The average molecular weight is 556 g/mol. The van der Waals surface area contributed by atoms with Crippen LogP contribution in [0.2, 0.25) is 0 Å². The molecule has 11 heteroatoms. The van der Waals surface area contributed by atoms with Crippen molar-refractivity contribution >= 4 is 22.6 Å². The summed E-state index contributed by atoms with van der Waals surface area (Å²) in [5.41, 5.74) is 2.39. The highest BCUT2D eigenvalue weighted by Crippen LogP contribution is 2.59. The van der Waals surface area contributed by atoms with Crippen molar-refractivity contribution in [2.24, 2.45) is 5.92 Å². The number of alkyl halides is 1. The monoisotopic (exact) mass is 555 g/mol. The molecule has 210 valence electrons. The van der Waals surface area contributed by atoms with E-state index in [1.54, 1.807) is 13.1 Å². The zero-order valence-electron chi connectivity index (χ0n) is 21.9. The molecule has 40 heavy (non-hydrogen) atoms. The highest BCUT2D eigenvalue weighted by molar-refractivity contribution is 5.94. The minimum Gasteiger partial charge on any atom is -0.462 e. The summed E-state index contributed by atoms with van der Waals surface area (Å²) in [7, 11) is 1.79. The maximum atomic E-state index is 16.2. The van der Waals surface area contributed by atoms with Gasteiger partial charge in [0.25, 0.3) is 5.91 Å². The zero-order chi connectivity index (χ0) is 28.1. The van der Waals surface area contributed by atoms with Crippen molar-refractivity contribution in [2.45, 2.75) is 37.4 Å². The summed E-state index contributed by atoms with van der Waals surface area (Å²) in [6, 6.07) is 6.41. The molecular weight excluding hydrogens is 526 g/mol. The van der Waals surface area contributed by atoms with Gasteiger partial charge in [-0.05, 0) is 60.9 Å². The smallest absolute Gasteiger partial charge is 0.319 e. The summed E-state index contributed by atoms with van der Waals surface area (Å²) in [5, 5.41) is 5.35. The van der Waals surface area contributed by atoms with Gasteiger partial charge in [-0.15, -0.1) is 0 Å². The Morgan fingerprint density at radius 2 is 2.05 bits per heavy atom. The number of nitrogens with one attached hydrogen (secondary N) is 2. The van der Waals surface area contributed by atoms with Crippen LogP contribution in [0.15, 0.2) is 36.7 Å². The van der Waals surface area contributed by atoms with Gasteiger partial charge in [-0.25, -0.2) is 17.6 Å². The molecule has 2 N–H and O–H groups in total. The number of benzene rings is 2. The molecule has 6 rings (SSSR count). The fourth-order valence-corrected chi connectivity index (χ4v) is 6.01. The first kappa shape index (κ1) is 26.5. The number of fused-ring (bicyclic) bond motifs is 4. The second-order valence-electron chi connectivity index (χ2n) is 10.8. The molecular formula is C29H29F4N5O2. The van der Waals surface area contributed by atoms with Crippen LogP contribution in [-0.4, -0.2) is 66.3 Å². The molecule has 2 unspecified atom stereocenters. The lowest BCUT2D eigenvalue weighted by molar-refractivity contribution is -0.118. The van der Waals surface area contributed by atoms with E-state index < -0.39 is 29.5 Å². The van der Waals surface area contributed by atoms with Crippen LogP contribution in [0.4, 0.5) is 23.4 Å². The van der Waals surface area contributed by atoms with Crippen molar-refractivity contribution in [3.05, 3.63) is 59.4 Å². The summed E-state index contributed by atoms with van der Waals surface area (Å²) in [5.74, 6) is -2.72. The van der Waals surface area contributed by atoms with Gasteiger partial charge in [0.1, 0.15) is 29.9 Å². The lowest BCUT2D eigenvalue weighted by atomic mass is 9.93. The summed E-state index contributed by atoms with van der Waals surface area (Å²) in [6.07, 6.45) is 1.27. The third kappa shape index (κ3) is 4.87. The largest absolute Gasteiger partial charge is 0.462 e. The Kier molecular flexibility index (Phi) is 6.85. The molecule has 4 atom stereocenters. The van der Waals surface area contributed by atoms with E-state index in [0.717, 1.165) is 24.0 Å². The van der Waals surface area contributed by atoms with Crippen molar-refractivity contribution in [3.8, 4) is 17.1 Å². The number of rotatable bonds is 9. The molecule has 3 aliphatic rings. The SMILES string of the molecule is C=C(F)C(=O)NCCNc1nc(OC[C@@H]2C[C@@H](F)CN2C)nc2c(F)c(-c3cccc4c3C3CC3C4)c(F)cc12. The van der Waals surface area contributed by atoms with Crippen molar-refractivity contribution in [1.29, 1.82) is 0 Å². The van der Waals surface area contributed by atoms with Gasteiger partial charge in [-0.3, -0.25) is 9.69 Å². The highest BCUT2D eigenvalue weighted by Gasteiger charge is 2.46. The molecule has 0 bridgehead atoms. The molecule has 2 aliphatic carbocycles. The average Bonchev–Trinajstić information content (AvgIpc) is 3.45. The van der Waals surface area contributed by atoms with E-state index in [9.17, 15) is 13.6 Å². The molecule has 1 aliphatic heterocycles. The Labute approximate surface area is 228 Å². The third-order valence-electron chi connectivity index (χ3n) is 8.10. The molecule has 1 saturated heterocycles. The first-order chi connectivity index (χ1) is 19.2. The summed E-state index contributed by atoms with van der Waals surface area (Å²) in [4.78, 5) is 21.9. The predicted molar refractivity (Wildman–Crippen MR) is 143 cm³/mol. The van der Waals surface area contributed by atoms with E-state index in [0.29, 0.717) is 23.8 Å². The molecule has 2 heterocycles.